The highest BCUT2D eigenvalue weighted by Crippen LogP contribution is 2.18. The maximum Gasteiger partial charge on any atom is 0.0603 e. The third-order valence-electron chi connectivity index (χ3n) is 3.15. The van der Waals surface area contributed by atoms with Crippen LogP contribution in [0.25, 0.3) is 0 Å². The van der Waals surface area contributed by atoms with Gasteiger partial charge in [-0.15, -0.1) is 0 Å². The Hall–Kier alpha value is -0.120. The Kier molecular flexibility index (Phi) is 5.03. The summed E-state index contributed by atoms with van der Waals surface area (Å²) >= 11 is 0. The van der Waals surface area contributed by atoms with E-state index in [2.05, 4.69) is 4.90 Å². The number of hydrogen-bond acceptors (Lipinski definition) is 3. The average Bonchev–Trinajstić information content (AvgIpc) is 2.16. The molecule has 0 amide bonds. The van der Waals surface area contributed by atoms with Crippen molar-refractivity contribution in [3.05, 3.63) is 0 Å². The van der Waals surface area contributed by atoms with Crippen LogP contribution in [-0.4, -0.2) is 49.0 Å². The SMILES string of the molecule is COCC1CCN(CCC(C)(C)O)CC1. The van der Waals surface area contributed by atoms with E-state index in [0.29, 0.717) is 0 Å². The number of likely N-dealkylation sites (tertiary alicyclic amines) is 1. The standard InChI is InChI=1S/C12H25NO2/c1-12(2,14)6-9-13-7-4-11(5-8-13)10-15-3/h11,14H,4-10H2,1-3H3. The van der Waals surface area contributed by atoms with E-state index in [1.807, 2.05) is 13.8 Å². The number of nitrogens with zero attached hydrogens (tertiary/aromatic N) is 1. The highest BCUT2D eigenvalue weighted by Gasteiger charge is 2.21. The summed E-state index contributed by atoms with van der Waals surface area (Å²) in [6.45, 7) is 7.99. The van der Waals surface area contributed by atoms with Gasteiger partial charge in [0.25, 0.3) is 0 Å². The Bertz CT molecular complexity index is 169. The van der Waals surface area contributed by atoms with Crippen LogP contribution in [0, 0.1) is 5.92 Å². The summed E-state index contributed by atoms with van der Waals surface area (Å²) in [4.78, 5) is 2.45. The second kappa shape index (κ2) is 5.83. The van der Waals surface area contributed by atoms with Gasteiger partial charge in [0.2, 0.25) is 0 Å². The van der Waals surface area contributed by atoms with Gasteiger partial charge in [0, 0.05) is 20.3 Å². The maximum atomic E-state index is 9.64. The minimum atomic E-state index is -0.524. The molecule has 0 spiro atoms. The minimum Gasteiger partial charge on any atom is -0.390 e. The van der Waals surface area contributed by atoms with Crippen molar-refractivity contribution in [3.63, 3.8) is 0 Å². The van der Waals surface area contributed by atoms with Gasteiger partial charge in [-0.05, 0) is 52.1 Å². The number of ether oxygens (including phenoxy) is 1. The lowest BCUT2D eigenvalue weighted by molar-refractivity contribution is 0.0462. The van der Waals surface area contributed by atoms with Crippen LogP contribution in [0.1, 0.15) is 33.1 Å². The van der Waals surface area contributed by atoms with Crippen LogP contribution < -0.4 is 0 Å². The first-order valence-electron chi connectivity index (χ1n) is 5.95. The number of methoxy groups -OCH3 is 1. The third-order valence-corrected chi connectivity index (χ3v) is 3.15. The molecule has 0 bridgehead atoms. The molecule has 1 saturated heterocycles. The summed E-state index contributed by atoms with van der Waals surface area (Å²) in [6, 6.07) is 0. The van der Waals surface area contributed by atoms with E-state index in [9.17, 15) is 5.11 Å². The maximum absolute atomic E-state index is 9.64. The highest BCUT2D eigenvalue weighted by atomic mass is 16.5. The molecular formula is C12H25NO2. The molecule has 3 nitrogen and oxygen atoms in total. The first-order valence-corrected chi connectivity index (χ1v) is 5.95. The molecule has 1 heterocycles. The van der Waals surface area contributed by atoms with Crippen molar-refractivity contribution in [2.45, 2.75) is 38.7 Å². The van der Waals surface area contributed by atoms with Crippen LogP contribution in [0.5, 0.6) is 0 Å². The van der Waals surface area contributed by atoms with Crippen LogP contribution in [0.15, 0.2) is 0 Å². The predicted octanol–water partition coefficient (Wildman–Crippen LogP) is 1.51. The van der Waals surface area contributed by atoms with Gasteiger partial charge >= 0.3 is 0 Å². The van der Waals surface area contributed by atoms with Crippen LogP contribution in [0.2, 0.25) is 0 Å². The van der Waals surface area contributed by atoms with E-state index in [-0.39, 0.29) is 0 Å². The lowest BCUT2D eigenvalue weighted by Crippen LogP contribution is -2.38. The van der Waals surface area contributed by atoms with E-state index < -0.39 is 5.60 Å². The molecule has 0 aliphatic carbocycles. The van der Waals surface area contributed by atoms with Crippen molar-refractivity contribution in [2.24, 2.45) is 5.92 Å². The van der Waals surface area contributed by atoms with Gasteiger partial charge in [-0.1, -0.05) is 0 Å². The highest BCUT2D eigenvalue weighted by molar-refractivity contribution is 4.74. The second-order valence-electron chi connectivity index (χ2n) is 5.30. The zero-order valence-electron chi connectivity index (χ0n) is 10.3. The first-order chi connectivity index (χ1) is 7.01. The summed E-state index contributed by atoms with van der Waals surface area (Å²) in [6.07, 6.45) is 3.33. The van der Waals surface area contributed by atoms with Gasteiger partial charge in [-0.25, -0.2) is 0 Å². The molecule has 0 aromatic carbocycles. The Labute approximate surface area is 93.4 Å². The fraction of sp³-hybridized carbons (Fsp3) is 1.00. The predicted molar refractivity (Wildman–Crippen MR) is 62.0 cm³/mol. The monoisotopic (exact) mass is 215 g/mol. The van der Waals surface area contributed by atoms with Crippen molar-refractivity contribution in [1.29, 1.82) is 0 Å². The molecule has 0 saturated carbocycles. The molecule has 1 fully saturated rings. The summed E-state index contributed by atoms with van der Waals surface area (Å²) in [5.41, 5.74) is -0.524. The van der Waals surface area contributed by atoms with Crippen LogP contribution in [0.3, 0.4) is 0 Å². The molecule has 15 heavy (non-hydrogen) atoms. The van der Waals surface area contributed by atoms with Crippen molar-refractivity contribution >= 4 is 0 Å². The molecular weight excluding hydrogens is 190 g/mol. The molecule has 1 aliphatic heterocycles. The molecule has 0 unspecified atom stereocenters. The lowest BCUT2D eigenvalue weighted by atomic mass is 9.97. The Morgan fingerprint density at radius 2 is 1.93 bits per heavy atom. The molecule has 90 valence electrons. The molecule has 1 rings (SSSR count). The fourth-order valence-electron chi connectivity index (χ4n) is 2.04. The van der Waals surface area contributed by atoms with E-state index in [1.165, 1.54) is 12.8 Å². The van der Waals surface area contributed by atoms with Crippen molar-refractivity contribution < 1.29 is 9.84 Å². The molecule has 0 aromatic rings. The zero-order valence-corrected chi connectivity index (χ0v) is 10.3. The van der Waals surface area contributed by atoms with Gasteiger partial charge in [0.1, 0.15) is 0 Å². The number of rotatable bonds is 5. The van der Waals surface area contributed by atoms with Crippen molar-refractivity contribution in [3.8, 4) is 0 Å². The normalized spacial score (nSPS) is 20.8. The Morgan fingerprint density at radius 3 is 2.40 bits per heavy atom. The van der Waals surface area contributed by atoms with E-state index in [4.69, 9.17) is 4.74 Å². The molecule has 0 atom stereocenters. The van der Waals surface area contributed by atoms with E-state index in [0.717, 1.165) is 38.6 Å². The Morgan fingerprint density at radius 1 is 1.33 bits per heavy atom. The van der Waals surface area contributed by atoms with E-state index in [1.54, 1.807) is 7.11 Å². The summed E-state index contributed by atoms with van der Waals surface area (Å²) < 4.78 is 5.17. The van der Waals surface area contributed by atoms with Gasteiger partial charge in [-0.2, -0.15) is 0 Å². The quantitative estimate of drug-likeness (QED) is 0.754. The summed E-state index contributed by atoms with van der Waals surface area (Å²) in [7, 11) is 1.78. The number of aliphatic hydroxyl groups is 1. The molecule has 1 N–H and O–H groups in total. The van der Waals surface area contributed by atoms with Crippen LogP contribution in [0.4, 0.5) is 0 Å². The molecule has 0 radical (unpaired) electrons. The van der Waals surface area contributed by atoms with Gasteiger partial charge in [0.05, 0.1) is 5.60 Å². The Balaban J connectivity index is 2.15. The van der Waals surface area contributed by atoms with E-state index >= 15 is 0 Å². The topological polar surface area (TPSA) is 32.7 Å². The van der Waals surface area contributed by atoms with Gasteiger partial charge < -0.3 is 14.7 Å². The van der Waals surface area contributed by atoms with Crippen LogP contribution in [-0.2, 0) is 4.74 Å². The lowest BCUT2D eigenvalue weighted by Gasteiger charge is -2.33. The fourth-order valence-corrected chi connectivity index (χ4v) is 2.04. The largest absolute Gasteiger partial charge is 0.390 e. The summed E-state index contributed by atoms with van der Waals surface area (Å²) in [5.74, 6) is 0.744. The average molecular weight is 215 g/mol. The number of hydrogen-bond donors (Lipinski definition) is 1. The van der Waals surface area contributed by atoms with Crippen molar-refractivity contribution in [1.82, 2.24) is 4.90 Å². The van der Waals surface area contributed by atoms with Crippen LogP contribution >= 0.6 is 0 Å². The first kappa shape index (κ1) is 12.9. The smallest absolute Gasteiger partial charge is 0.0603 e. The third kappa shape index (κ3) is 5.50. The van der Waals surface area contributed by atoms with Crippen molar-refractivity contribution in [2.75, 3.05) is 33.4 Å². The molecule has 0 aromatic heterocycles. The minimum absolute atomic E-state index is 0.524. The molecule has 1 aliphatic rings. The second-order valence-corrected chi connectivity index (χ2v) is 5.30. The van der Waals surface area contributed by atoms with Gasteiger partial charge in [0.15, 0.2) is 0 Å². The van der Waals surface area contributed by atoms with Gasteiger partial charge in [-0.3, -0.25) is 0 Å². The summed E-state index contributed by atoms with van der Waals surface area (Å²) in [5, 5.41) is 9.64. The zero-order chi connectivity index (χ0) is 11.3. The molecule has 3 heteroatoms. The number of piperidine rings is 1.